The van der Waals surface area contributed by atoms with Gasteiger partial charge < -0.3 is 9.15 Å². The van der Waals surface area contributed by atoms with Crippen LogP contribution in [0.1, 0.15) is 5.76 Å². The molecular weight excluding hydrogens is 429 g/mol. The minimum atomic E-state index is -0.140. The number of halogens is 2. The zero-order valence-corrected chi connectivity index (χ0v) is 13.8. The van der Waals surface area contributed by atoms with Crippen molar-refractivity contribution in [3.63, 3.8) is 0 Å². The molecule has 1 aliphatic heterocycles. The highest BCUT2D eigenvalue weighted by molar-refractivity contribution is 14.1. The highest BCUT2D eigenvalue weighted by atomic mass is 127. The predicted octanol–water partition coefficient (Wildman–Crippen LogP) is 1.43. The summed E-state index contributed by atoms with van der Waals surface area (Å²) in [5, 5.41) is 3.86. The molecule has 19 heavy (non-hydrogen) atoms. The number of ether oxygens (including phenoxy) is 1. The number of hydrogen-bond acceptors (Lipinski definition) is 5. The minimum absolute atomic E-state index is 0.140. The zero-order chi connectivity index (χ0) is 13.7. The van der Waals surface area contributed by atoms with E-state index in [4.69, 9.17) is 9.15 Å². The molecule has 0 aromatic carbocycles. The van der Waals surface area contributed by atoms with Crippen LogP contribution in [0.15, 0.2) is 20.1 Å². The molecule has 0 aliphatic carbocycles. The molecule has 1 fully saturated rings. The fourth-order valence-corrected chi connectivity index (χ4v) is 2.31. The van der Waals surface area contributed by atoms with Gasteiger partial charge in [0.15, 0.2) is 3.77 Å². The van der Waals surface area contributed by atoms with Gasteiger partial charge in [0.1, 0.15) is 5.76 Å². The lowest BCUT2D eigenvalue weighted by Crippen LogP contribution is -2.42. The monoisotopic (exact) mass is 441 g/mol. The van der Waals surface area contributed by atoms with E-state index in [1.54, 1.807) is 6.07 Å². The van der Waals surface area contributed by atoms with Gasteiger partial charge in [0.25, 0.3) is 5.91 Å². The minimum Gasteiger partial charge on any atom is -0.448 e. The lowest BCUT2D eigenvalue weighted by Gasteiger charge is -2.25. The molecule has 8 heteroatoms. The smallest absolute Gasteiger partial charge is 0.254 e. The SMILES string of the molecule is O=C(CN1CCOCC1)N/N=C\c1cc(Br)c(I)o1. The average molecular weight is 442 g/mol. The highest BCUT2D eigenvalue weighted by Crippen LogP contribution is 2.21. The molecular formula is C11H13BrIN3O3. The Kier molecular flexibility index (Phi) is 5.79. The normalized spacial score (nSPS) is 16.9. The number of amides is 1. The molecule has 1 N–H and O–H groups in total. The topological polar surface area (TPSA) is 67.1 Å². The van der Waals surface area contributed by atoms with Crippen LogP contribution in [0.2, 0.25) is 0 Å². The highest BCUT2D eigenvalue weighted by Gasteiger charge is 2.13. The molecule has 6 nitrogen and oxygen atoms in total. The summed E-state index contributed by atoms with van der Waals surface area (Å²) >= 11 is 5.40. The van der Waals surface area contributed by atoms with Crippen LogP contribution in [0, 0.1) is 3.77 Å². The standard InChI is InChI=1S/C11H13BrIN3O3/c12-9-5-8(19-11(9)13)6-14-15-10(17)7-16-1-3-18-4-2-16/h5-6H,1-4,7H2,(H,15,17)/b14-6-. The van der Waals surface area contributed by atoms with E-state index in [2.05, 4.69) is 49.0 Å². The number of hydrogen-bond donors (Lipinski definition) is 1. The maximum Gasteiger partial charge on any atom is 0.254 e. The van der Waals surface area contributed by atoms with Crippen LogP contribution < -0.4 is 5.43 Å². The van der Waals surface area contributed by atoms with Gasteiger partial charge in [0.05, 0.1) is 30.4 Å². The first-order valence-electron chi connectivity index (χ1n) is 5.72. The van der Waals surface area contributed by atoms with Crippen LogP contribution in [0.3, 0.4) is 0 Å². The Morgan fingerprint density at radius 3 is 2.95 bits per heavy atom. The Balaban J connectivity index is 1.76. The van der Waals surface area contributed by atoms with E-state index >= 15 is 0 Å². The summed E-state index contributed by atoms with van der Waals surface area (Å²) in [5.74, 6) is 0.446. The summed E-state index contributed by atoms with van der Waals surface area (Å²) in [6.07, 6.45) is 1.48. The average Bonchev–Trinajstić information content (AvgIpc) is 2.70. The van der Waals surface area contributed by atoms with Crippen LogP contribution in [0.25, 0.3) is 0 Å². The summed E-state index contributed by atoms with van der Waals surface area (Å²) in [5.41, 5.74) is 2.48. The first-order valence-corrected chi connectivity index (χ1v) is 7.59. The molecule has 2 rings (SSSR count). The third-order valence-electron chi connectivity index (χ3n) is 2.52. The van der Waals surface area contributed by atoms with Gasteiger partial charge in [0.2, 0.25) is 0 Å². The molecule has 0 spiro atoms. The third kappa shape index (κ3) is 4.86. The molecule has 104 valence electrons. The molecule has 0 bridgehead atoms. The Morgan fingerprint density at radius 1 is 1.58 bits per heavy atom. The Hall–Kier alpha value is -0.450. The van der Waals surface area contributed by atoms with Crippen molar-refractivity contribution in [2.45, 2.75) is 0 Å². The van der Waals surface area contributed by atoms with Gasteiger partial charge in [-0.2, -0.15) is 5.10 Å². The quantitative estimate of drug-likeness (QED) is 0.436. The number of hydrazone groups is 1. The van der Waals surface area contributed by atoms with Crippen molar-refractivity contribution in [1.82, 2.24) is 10.3 Å². The van der Waals surface area contributed by atoms with Gasteiger partial charge in [-0.3, -0.25) is 9.69 Å². The predicted molar refractivity (Wildman–Crippen MR) is 82.1 cm³/mol. The molecule has 1 aromatic rings. The van der Waals surface area contributed by atoms with E-state index in [0.29, 0.717) is 25.5 Å². The first-order chi connectivity index (χ1) is 9.15. The Morgan fingerprint density at radius 2 is 2.32 bits per heavy atom. The molecule has 1 amide bonds. The summed E-state index contributed by atoms with van der Waals surface area (Å²) in [6, 6.07) is 1.79. The second-order valence-electron chi connectivity index (χ2n) is 3.95. The fraction of sp³-hybridized carbons (Fsp3) is 0.455. The van der Waals surface area contributed by atoms with Crippen LogP contribution in [-0.4, -0.2) is 49.9 Å². The van der Waals surface area contributed by atoms with Crippen LogP contribution in [0.4, 0.5) is 0 Å². The van der Waals surface area contributed by atoms with Crippen molar-refractivity contribution in [3.8, 4) is 0 Å². The van der Waals surface area contributed by atoms with Gasteiger partial charge in [-0.05, 0) is 15.9 Å². The van der Waals surface area contributed by atoms with Crippen molar-refractivity contribution in [3.05, 3.63) is 20.1 Å². The number of nitrogens with zero attached hydrogens (tertiary/aromatic N) is 2. The number of carbonyl (C=O) groups excluding carboxylic acids is 1. The molecule has 1 aliphatic rings. The first kappa shape index (κ1) is 14.9. The summed E-state index contributed by atoms with van der Waals surface area (Å²) < 4.78 is 12.2. The van der Waals surface area contributed by atoms with Gasteiger partial charge in [-0.25, -0.2) is 5.43 Å². The van der Waals surface area contributed by atoms with Crippen LogP contribution >= 0.6 is 38.5 Å². The second kappa shape index (κ2) is 7.36. The number of morpholine rings is 1. The third-order valence-corrected chi connectivity index (χ3v) is 4.65. The molecule has 0 atom stereocenters. The van der Waals surface area contributed by atoms with E-state index < -0.39 is 0 Å². The van der Waals surface area contributed by atoms with E-state index in [-0.39, 0.29) is 5.91 Å². The molecule has 0 radical (unpaired) electrons. The van der Waals surface area contributed by atoms with Crippen molar-refractivity contribution < 1.29 is 13.9 Å². The molecule has 1 aromatic heterocycles. The largest absolute Gasteiger partial charge is 0.448 e. The Labute approximate surface area is 132 Å². The Bertz CT molecular complexity index is 452. The molecule has 2 heterocycles. The molecule has 0 saturated carbocycles. The number of nitrogens with one attached hydrogen (secondary N) is 1. The van der Waals surface area contributed by atoms with Gasteiger partial charge >= 0.3 is 0 Å². The van der Waals surface area contributed by atoms with E-state index in [9.17, 15) is 4.79 Å². The van der Waals surface area contributed by atoms with Crippen molar-refractivity contribution in [2.75, 3.05) is 32.8 Å². The summed E-state index contributed by atoms with van der Waals surface area (Å²) in [6.45, 7) is 3.24. The van der Waals surface area contributed by atoms with E-state index in [0.717, 1.165) is 21.3 Å². The molecule has 1 saturated heterocycles. The molecule has 0 unspecified atom stereocenters. The number of carbonyl (C=O) groups is 1. The van der Waals surface area contributed by atoms with Crippen molar-refractivity contribution in [2.24, 2.45) is 5.10 Å². The zero-order valence-electron chi connectivity index (χ0n) is 10.1. The summed E-state index contributed by atoms with van der Waals surface area (Å²) in [4.78, 5) is 13.7. The number of rotatable bonds is 4. The van der Waals surface area contributed by atoms with Crippen molar-refractivity contribution in [1.29, 1.82) is 0 Å². The van der Waals surface area contributed by atoms with Crippen LogP contribution in [0.5, 0.6) is 0 Å². The van der Waals surface area contributed by atoms with Crippen molar-refractivity contribution >= 4 is 50.6 Å². The fourth-order valence-electron chi connectivity index (χ4n) is 1.59. The lowest BCUT2D eigenvalue weighted by molar-refractivity contribution is -0.123. The van der Waals surface area contributed by atoms with Crippen LogP contribution in [-0.2, 0) is 9.53 Å². The number of furan rings is 1. The van der Waals surface area contributed by atoms with Gasteiger partial charge in [0, 0.05) is 41.7 Å². The maximum atomic E-state index is 11.6. The van der Waals surface area contributed by atoms with E-state index in [1.165, 1.54) is 6.21 Å². The maximum absolute atomic E-state index is 11.6. The van der Waals surface area contributed by atoms with Gasteiger partial charge in [-0.15, -0.1) is 0 Å². The summed E-state index contributed by atoms with van der Waals surface area (Å²) in [7, 11) is 0. The second-order valence-corrected chi connectivity index (χ2v) is 5.79. The van der Waals surface area contributed by atoms with E-state index in [1.807, 2.05) is 4.90 Å². The lowest BCUT2D eigenvalue weighted by atomic mass is 10.4. The van der Waals surface area contributed by atoms with Gasteiger partial charge in [-0.1, -0.05) is 0 Å².